The maximum atomic E-state index is 12.1. The number of piperazine rings is 1. The molecule has 3 amide bonds. The molecule has 1 heterocycles. The summed E-state index contributed by atoms with van der Waals surface area (Å²) in [5.74, 6) is 0. The molecule has 2 aromatic rings. The minimum absolute atomic E-state index is 0.258. The second-order valence-electron chi connectivity index (χ2n) is 6.86. The first-order valence-electron chi connectivity index (χ1n) is 9.47. The summed E-state index contributed by atoms with van der Waals surface area (Å²) in [5, 5.41) is 6.32. The molecule has 8 heteroatoms. The summed E-state index contributed by atoms with van der Waals surface area (Å²) in [7, 11) is 1.41. The van der Waals surface area contributed by atoms with Gasteiger partial charge in [0.2, 0.25) is 0 Å². The fraction of sp³-hybridized carbons (Fsp3) is 0.333. The Kier molecular flexibility index (Phi) is 7.32. The van der Waals surface area contributed by atoms with Crippen molar-refractivity contribution in [1.82, 2.24) is 15.1 Å². The van der Waals surface area contributed by atoms with Gasteiger partial charge >= 0.3 is 12.1 Å². The number of amides is 3. The standard InChI is InChI=1S/C21H25ClN4O3/c1-29-21(28)26-12-10-25(11-13-26)15-17-4-8-19(9-5-17)24-20(27)23-14-16-2-6-18(22)7-3-16/h2-9H,10-15H2,1H3,(H2,23,24,27). The highest BCUT2D eigenvalue weighted by atomic mass is 35.5. The molecule has 7 nitrogen and oxygen atoms in total. The largest absolute Gasteiger partial charge is 0.453 e. The van der Waals surface area contributed by atoms with Gasteiger partial charge in [0.25, 0.3) is 0 Å². The average Bonchev–Trinajstić information content (AvgIpc) is 2.75. The number of methoxy groups -OCH3 is 1. The van der Waals surface area contributed by atoms with Crippen LogP contribution in [-0.4, -0.2) is 55.2 Å². The summed E-state index contributed by atoms with van der Waals surface area (Å²) in [6, 6.07) is 14.9. The van der Waals surface area contributed by atoms with Crippen molar-refractivity contribution in [3.05, 3.63) is 64.7 Å². The molecule has 0 unspecified atom stereocenters. The molecule has 2 N–H and O–H groups in total. The van der Waals surface area contributed by atoms with Crippen molar-refractivity contribution in [1.29, 1.82) is 0 Å². The van der Waals surface area contributed by atoms with Crippen LogP contribution in [0.15, 0.2) is 48.5 Å². The Morgan fingerprint density at radius 2 is 1.59 bits per heavy atom. The van der Waals surface area contributed by atoms with Crippen molar-refractivity contribution < 1.29 is 14.3 Å². The number of carbonyl (C=O) groups excluding carboxylic acids is 2. The number of rotatable bonds is 5. The quantitative estimate of drug-likeness (QED) is 0.781. The number of anilines is 1. The van der Waals surface area contributed by atoms with Crippen LogP contribution < -0.4 is 10.6 Å². The Morgan fingerprint density at radius 1 is 0.966 bits per heavy atom. The summed E-state index contributed by atoms with van der Waals surface area (Å²) >= 11 is 5.86. The van der Waals surface area contributed by atoms with Crippen molar-refractivity contribution in [2.24, 2.45) is 0 Å². The topological polar surface area (TPSA) is 73.9 Å². The van der Waals surface area contributed by atoms with E-state index in [9.17, 15) is 9.59 Å². The van der Waals surface area contributed by atoms with Gasteiger partial charge in [-0.3, -0.25) is 4.90 Å². The molecule has 0 saturated carbocycles. The Balaban J connectivity index is 1.42. The zero-order valence-corrected chi connectivity index (χ0v) is 17.1. The van der Waals surface area contributed by atoms with Crippen molar-refractivity contribution in [2.45, 2.75) is 13.1 Å². The molecule has 3 rings (SSSR count). The number of ether oxygens (including phenoxy) is 1. The molecule has 0 radical (unpaired) electrons. The molecular formula is C21H25ClN4O3. The molecule has 154 valence electrons. The van der Waals surface area contributed by atoms with Crippen LogP contribution in [0.5, 0.6) is 0 Å². The number of nitrogens with one attached hydrogen (secondary N) is 2. The molecule has 2 aromatic carbocycles. The van der Waals surface area contributed by atoms with Crippen molar-refractivity contribution in [3.8, 4) is 0 Å². The van der Waals surface area contributed by atoms with E-state index in [4.69, 9.17) is 16.3 Å². The van der Waals surface area contributed by atoms with Crippen LogP contribution in [0.2, 0.25) is 5.02 Å². The Bertz CT molecular complexity index is 819. The molecule has 1 fully saturated rings. The van der Waals surface area contributed by atoms with E-state index < -0.39 is 0 Å². The van der Waals surface area contributed by atoms with Gasteiger partial charge in [-0.05, 0) is 35.4 Å². The van der Waals surface area contributed by atoms with E-state index in [2.05, 4.69) is 15.5 Å². The zero-order valence-electron chi connectivity index (χ0n) is 16.4. The number of hydrogen-bond acceptors (Lipinski definition) is 4. The van der Waals surface area contributed by atoms with Crippen LogP contribution in [0, 0.1) is 0 Å². The van der Waals surface area contributed by atoms with E-state index in [1.165, 1.54) is 7.11 Å². The molecule has 1 aliphatic rings. The molecule has 0 spiro atoms. The van der Waals surface area contributed by atoms with Crippen LogP contribution in [-0.2, 0) is 17.8 Å². The summed E-state index contributed by atoms with van der Waals surface area (Å²) in [5.41, 5.74) is 2.87. The molecule has 0 aromatic heterocycles. The van der Waals surface area contributed by atoms with E-state index in [0.29, 0.717) is 24.7 Å². The maximum Gasteiger partial charge on any atom is 0.409 e. The van der Waals surface area contributed by atoms with Gasteiger partial charge in [0.1, 0.15) is 0 Å². The summed E-state index contributed by atoms with van der Waals surface area (Å²) in [6.07, 6.45) is -0.269. The number of hydrogen-bond donors (Lipinski definition) is 2. The van der Waals surface area contributed by atoms with Crippen molar-refractivity contribution in [3.63, 3.8) is 0 Å². The molecular weight excluding hydrogens is 392 g/mol. The van der Waals surface area contributed by atoms with Gasteiger partial charge in [0, 0.05) is 50.0 Å². The Morgan fingerprint density at radius 3 is 2.21 bits per heavy atom. The normalized spacial score (nSPS) is 14.3. The summed E-state index contributed by atoms with van der Waals surface area (Å²) < 4.78 is 4.76. The van der Waals surface area contributed by atoms with Crippen LogP contribution in [0.25, 0.3) is 0 Å². The number of halogens is 1. The number of benzene rings is 2. The third kappa shape index (κ3) is 6.37. The molecule has 0 aliphatic carbocycles. The van der Waals surface area contributed by atoms with Gasteiger partial charge in [0.05, 0.1) is 7.11 Å². The smallest absolute Gasteiger partial charge is 0.409 e. The third-order valence-electron chi connectivity index (χ3n) is 4.79. The van der Waals surface area contributed by atoms with Gasteiger partial charge in [-0.25, -0.2) is 9.59 Å². The highest BCUT2D eigenvalue weighted by Crippen LogP contribution is 2.14. The second-order valence-corrected chi connectivity index (χ2v) is 7.30. The van der Waals surface area contributed by atoms with Gasteiger partial charge < -0.3 is 20.3 Å². The minimum Gasteiger partial charge on any atom is -0.453 e. The molecule has 1 saturated heterocycles. The lowest BCUT2D eigenvalue weighted by Crippen LogP contribution is -2.48. The first-order valence-corrected chi connectivity index (χ1v) is 9.85. The zero-order chi connectivity index (χ0) is 20.6. The van der Waals surface area contributed by atoms with E-state index in [1.807, 2.05) is 36.4 Å². The lowest BCUT2D eigenvalue weighted by Gasteiger charge is -2.33. The van der Waals surface area contributed by atoms with Crippen LogP contribution in [0.4, 0.5) is 15.3 Å². The molecule has 29 heavy (non-hydrogen) atoms. The number of nitrogens with zero attached hydrogens (tertiary/aromatic N) is 2. The van der Waals surface area contributed by atoms with Crippen molar-refractivity contribution >= 4 is 29.4 Å². The van der Waals surface area contributed by atoms with E-state index >= 15 is 0 Å². The first kappa shape index (κ1) is 21.0. The SMILES string of the molecule is COC(=O)N1CCN(Cc2ccc(NC(=O)NCc3ccc(Cl)cc3)cc2)CC1. The second kappa shape index (κ2) is 10.1. The van der Waals surface area contributed by atoms with Crippen LogP contribution in [0.3, 0.4) is 0 Å². The summed E-state index contributed by atoms with van der Waals surface area (Å²) in [6.45, 7) is 4.18. The van der Waals surface area contributed by atoms with Gasteiger partial charge in [0.15, 0.2) is 0 Å². The summed E-state index contributed by atoms with van der Waals surface area (Å²) in [4.78, 5) is 27.6. The van der Waals surface area contributed by atoms with E-state index in [-0.39, 0.29) is 12.1 Å². The fourth-order valence-corrected chi connectivity index (χ4v) is 3.26. The molecule has 0 bridgehead atoms. The van der Waals surface area contributed by atoms with Gasteiger partial charge in [-0.2, -0.15) is 0 Å². The van der Waals surface area contributed by atoms with E-state index in [1.54, 1.807) is 17.0 Å². The number of urea groups is 1. The Hall–Kier alpha value is -2.77. The van der Waals surface area contributed by atoms with Crippen LogP contribution in [0.1, 0.15) is 11.1 Å². The first-order chi connectivity index (χ1) is 14.0. The average molecular weight is 417 g/mol. The monoisotopic (exact) mass is 416 g/mol. The highest BCUT2D eigenvalue weighted by molar-refractivity contribution is 6.30. The lowest BCUT2D eigenvalue weighted by molar-refractivity contribution is 0.0889. The highest BCUT2D eigenvalue weighted by Gasteiger charge is 2.21. The van der Waals surface area contributed by atoms with Gasteiger partial charge in [-0.1, -0.05) is 35.9 Å². The third-order valence-corrected chi connectivity index (χ3v) is 5.04. The minimum atomic E-state index is -0.269. The fourth-order valence-electron chi connectivity index (χ4n) is 3.13. The predicted molar refractivity (Wildman–Crippen MR) is 113 cm³/mol. The number of carbonyl (C=O) groups is 2. The lowest BCUT2D eigenvalue weighted by atomic mass is 10.2. The van der Waals surface area contributed by atoms with E-state index in [0.717, 1.165) is 36.4 Å². The predicted octanol–water partition coefficient (Wildman–Crippen LogP) is 3.55. The van der Waals surface area contributed by atoms with Crippen molar-refractivity contribution in [2.75, 3.05) is 38.6 Å². The van der Waals surface area contributed by atoms with Gasteiger partial charge in [-0.15, -0.1) is 0 Å². The molecule has 1 aliphatic heterocycles. The van der Waals surface area contributed by atoms with Crippen LogP contribution >= 0.6 is 11.6 Å². The molecule has 0 atom stereocenters. The maximum absolute atomic E-state index is 12.1. The Labute approximate surface area is 175 Å².